The van der Waals surface area contributed by atoms with Gasteiger partial charge in [-0.3, -0.25) is 9.69 Å². The maximum absolute atomic E-state index is 13.1. The number of benzene rings is 1. The van der Waals surface area contributed by atoms with Crippen LogP contribution in [0.15, 0.2) is 36.8 Å². The molecule has 2 aromatic heterocycles. The number of aryl methyl sites for hydroxylation is 1. The van der Waals surface area contributed by atoms with Gasteiger partial charge in [0.05, 0.1) is 19.2 Å². The van der Waals surface area contributed by atoms with E-state index in [9.17, 15) is 26.7 Å². The van der Waals surface area contributed by atoms with Gasteiger partial charge in [0.2, 0.25) is 5.82 Å². The van der Waals surface area contributed by atoms with Gasteiger partial charge < -0.3 is 14.8 Å². The van der Waals surface area contributed by atoms with Crippen molar-refractivity contribution in [3.8, 4) is 16.3 Å². The van der Waals surface area contributed by atoms with E-state index in [0.29, 0.717) is 35.0 Å². The Morgan fingerprint density at radius 2 is 1.95 bits per heavy atom. The third-order valence-electron chi connectivity index (χ3n) is 5.86. The van der Waals surface area contributed by atoms with Crippen LogP contribution in [-0.4, -0.2) is 71.1 Å². The fourth-order valence-electron chi connectivity index (χ4n) is 3.93. The summed E-state index contributed by atoms with van der Waals surface area (Å²) in [4.78, 5) is 26.8. The molecule has 8 nitrogen and oxygen atoms in total. The molecule has 0 spiro atoms. The molecular formula is C25H26F5N5O3S. The van der Waals surface area contributed by atoms with Crippen molar-refractivity contribution >= 4 is 17.2 Å². The average molecular weight is 572 g/mol. The molecule has 1 amide bonds. The fraction of sp³-hybridized carbons (Fsp3) is 0.440. The molecule has 0 bridgehead atoms. The number of alkyl halides is 5. The molecule has 1 aliphatic heterocycles. The Hall–Kier alpha value is -3.23. The average Bonchev–Trinajstić information content (AvgIpc) is 3.33. The highest BCUT2D eigenvalue weighted by Gasteiger charge is 2.34. The zero-order valence-corrected chi connectivity index (χ0v) is 21.9. The minimum Gasteiger partial charge on any atom is -0.491 e. The molecule has 3 aromatic rings. The number of amides is 1. The third kappa shape index (κ3) is 7.90. The van der Waals surface area contributed by atoms with Crippen molar-refractivity contribution in [3.63, 3.8) is 0 Å². The molecule has 210 valence electrons. The van der Waals surface area contributed by atoms with E-state index in [2.05, 4.69) is 20.3 Å². The first-order valence-corrected chi connectivity index (χ1v) is 12.8. The first-order chi connectivity index (χ1) is 18.5. The summed E-state index contributed by atoms with van der Waals surface area (Å²) < 4.78 is 75.4. The quantitative estimate of drug-likeness (QED) is 0.371. The van der Waals surface area contributed by atoms with Gasteiger partial charge in [0, 0.05) is 53.2 Å². The van der Waals surface area contributed by atoms with Crippen molar-refractivity contribution in [2.45, 2.75) is 38.6 Å². The number of nitrogens with zero attached hydrogens (tertiary/aromatic N) is 4. The molecular weight excluding hydrogens is 545 g/mol. The Morgan fingerprint density at radius 3 is 2.59 bits per heavy atom. The number of carbonyl (C=O) groups excluding carboxylic acids is 1. The largest absolute Gasteiger partial charge is 0.491 e. The van der Waals surface area contributed by atoms with Crippen LogP contribution in [-0.2, 0) is 10.9 Å². The van der Waals surface area contributed by atoms with Gasteiger partial charge in [-0.05, 0) is 32.0 Å². The smallest absolute Gasteiger partial charge is 0.451 e. The molecule has 1 unspecified atom stereocenters. The van der Waals surface area contributed by atoms with Crippen molar-refractivity contribution in [2.75, 3.05) is 32.8 Å². The number of hydrogen-bond donors (Lipinski definition) is 1. The molecule has 3 heterocycles. The predicted molar refractivity (Wildman–Crippen MR) is 133 cm³/mol. The van der Waals surface area contributed by atoms with Crippen LogP contribution in [0, 0.1) is 6.92 Å². The van der Waals surface area contributed by atoms with Crippen molar-refractivity contribution < 1.29 is 36.2 Å². The van der Waals surface area contributed by atoms with Crippen molar-refractivity contribution in [3.05, 3.63) is 58.6 Å². The van der Waals surface area contributed by atoms with Gasteiger partial charge in [-0.15, -0.1) is 11.3 Å². The number of carbonyl (C=O) groups is 1. The van der Waals surface area contributed by atoms with Gasteiger partial charge in [-0.1, -0.05) is 0 Å². The Balaban J connectivity index is 1.49. The summed E-state index contributed by atoms with van der Waals surface area (Å²) in [6.45, 7) is 4.24. The Labute approximate surface area is 225 Å². The van der Waals surface area contributed by atoms with Crippen LogP contribution in [0.5, 0.6) is 5.75 Å². The van der Waals surface area contributed by atoms with E-state index in [4.69, 9.17) is 9.47 Å². The Bertz CT molecular complexity index is 1270. The molecule has 2 atom stereocenters. The zero-order chi connectivity index (χ0) is 28.2. The number of ether oxygens (including phenoxy) is 2. The second kappa shape index (κ2) is 12.3. The molecule has 1 N–H and O–H groups in total. The number of rotatable bonds is 9. The van der Waals surface area contributed by atoms with Crippen LogP contribution in [0.3, 0.4) is 0 Å². The highest BCUT2D eigenvalue weighted by Crippen LogP contribution is 2.30. The molecule has 0 aliphatic carbocycles. The van der Waals surface area contributed by atoms with Gasteiger partial charge in [-0.25, -0.2) is 23.7 Å². The molecule has 0 radical (unpaired) electrons. The molecule has 1 saturated heterocycles. The Kier molecular flexibility index (Phi) is 9.08. The maximum atomic E-state index is 13.1. The zero-order valence-electron chi connectivity index (χ0n) is 21.0. The van der Waals surface area contributed by atoms with E-state index >= 15 is 0 Å². The van der Waals surface area contributed by atoms with Gasteiger partial charge in [0.15, 0.2) is 0 Å². The molecule has 1 aliphatic rings. The van der Waals surface area contributed by atoms with E-state index in [-0.39, 0.29) is 25.3 Å². The van der Waals surface area contributed by atoms with Crippen LogP contribution >= 0.6 is 11.3 Å². The van der Waals surface area contributed by atoms with Crippen LogP contribution in [0.2, 0.25) is 0 Å². The van der Waals surface area contributed by atoms with Crippen LogP contribution in [0.25, 0.3) is 10.6 Å². The molecule has 1 fully saturated rings. The van der Waals surface area contributed by atoms with E-state index < -0.39 is 36.5 Å². The number of morpholine rings is 1. The summed E-state index contributed by atoms with van der Waals surface area (Å²) in [5.74, 6) is -1.41. The molecule has 1 aromatic carbocycles. The van der Waals surface area contributed by atoms with Crippen LogP contribution in [0.4, 0.5) is 22.0 Å². The van der Waals surface area contributed by atoms with E-state index in [1.54, 1.807) is 30.2 Å². The second-order valence-corrected chi connectivity index (χ2v) is 10.2. The number of hydrogen-bond acceptors (Lipinski definition) is 8. The summed E-state index contributed by atoms with van der Waals surface area (Å²) >= 11 is 1.43. The number of halogens is 5. The number of nitrogens with one attached hydrogen (secondary N) is 1. The molecule has 39 heavy (non-hydrogen) atoms. The lowest BCUT2D eigenvalue weighted by molar-refractivity contribution is -0.145. The van der Waals surface area contributed by atoms with Crippen LogP contribution in [0.1, 0.15) is 39.6 Å². The standard InChI is InChI=1S/C25H26F5N5O3S/c1-14-8-31-23(39-14)17-5-16(22(36)34-15(2)18-9-32-24(33-10-18)25(28,29)30)6-19(7-17)38-13-20-11-35(3-4-37-20)12-21(26)27/h5-10,15,20-21H,3-4,11-13H2,1-2H3,(H,34,36)/t15?,20-/m1/s1. The Morgan fingerprint density at radius 1 is 1.21 bits per heavy atom. The number of aromatic nitrogens is 3. The number of thiazole rings is 1. The summed E-state index contributed by atoms with van der Waals surface area (Å²) in [5, 5.41) is 3.40. The van der Waals surface area contributed by atoms with Gasteiger partial charge in [-0.2, -0.15) is 13.2 Å². The first-order valence-electron chi connectivity index (χ1n) is 12.0. The minimum absolute atomic E-state index is 0.0838. The minimum atomic E-state index is -4.67. The van der Waals surface area contributed by atoms with Crippen molar-refractivity contribution in [1.29, 1.82) is 0 Å². The van der Waals surface area contributed by atoms with E-state index in [0.717, 1.165) is 17.3 Å². The molecule has 0 saturated carbocycles. The van der Waals surface area contributed by atoms with E-state index in [1.165, 1.54) is 17.4 Å². The lowest BCUT2D eigenvalue weighted by Crippen LogP contribution is -2.46. The monoisotopic (exact) mass is 571 g/mol. The normalized spacial score (nSPS) is 17.3. The summed E-state index contributed by atoms with van der Waals surface area (Å²) in [6.07, 6.45) is -3.80. The van der Waals surface area contributed by atoms with E-state index in [1.807, 2.05) is 6.92 Å². The summed E-state index contributed by atoms with van der Waals surface area (Å²) in [6, 6.07) is 4.20. The third-order valence-corrected chi connectivity index (χ3v) is 6.83. The fourth-order valence-corrected chi connectivity index (χ4v) is 4.68. The lowest BCUT2D eigenvalue weighted by atomic mass is 10.1. The van der Waals surface area contributed by atoms with Gasteiger partial charge >= 0.3 is 6.18 Å². The lowest BCUT2D eigenvalue weighted by Gasteiger charge is -2.32. The van der Waals surface area contributed by atoms with Gasteiger partial charge in [0.25, 0.3) is 12.3 Å². The summed E-state index contributed by atoms with van der Waals surface area (Å²) in [5.41, 5.74) is 1.16. The highest BCUT2D eigenvalue weighted by molar-refractivity contribution is 7.14. The second-order valence-electron chi connectivity index (χ2n) is 9.01. The molecule has 14 heteroatoms. The van der Waals surface area contributed by atoms with Gasteiger partial charge in [0.1, 0.15) is 23.5 Å². The highest BCUT2D eigenvalue weighted by atomic mass is 32.1. The predicted octanol–water partition coefficient (Wildman–Crippen LogP) is 4.76. The maximum Gasteiger partial charge on any atom is 0.451 e. The van der Waals surface area contributed by atoms with Crippen molar-refractivity contribution in [1.82, 2.24) is 25.2 Å². The topological polar surface area (TPSA) is 89.5 Å². The molecule has 4 rings (SSSR count). The summed E-state index contributed by atoms with van der Waals surface area (Å²) in [7, 11) is 0. The van der Waals surface area contributed by atoms with Crippen molar-refractivity contribution in [2.24, 2.45) is 0 Å². The SMILES string of the molecule is Cc1cnc(-c2cc(OC[C@H]3CN(CC(F)F)CCO3)cc(C(=O)NC(C)c3cnc(C(F)(F)F)nc3)c2)s1. The first kappa shape index (κ1) is 28.8. The van der Waals surface area contributed by atoms with Crippen LogP contribution < -0.4 is 10.1 Å².